The van der Waals surface area contributed by atoms with E-state index in [1.807, 2.05) is 12.1 Å². The van der Waals surface area contributed by atoms with E-state index in [9.17, 15) is 0 Å². The van der Waals surface area contributed by atoms with Gasteiger partial charge in [-0.2, -0.15) is 0 Å². The summed E-state index contributed by atoms with van der Waals surface area (Å²) in [7, 11) is 0. The third-order valence-corrected chi connectivity index (χ3v) is 4.07. The molecule has 0 bridgehead atoms. The number of rotatable bonds is 3. The maximum absolute atomic E-state index is 5.71. The summed E-state index contributed by atoms with van der Waals surface area (Å²) in [5, 5.41) is 1.30. The van der Waals surface area contributed by atoms with Crippen molar-refractivity contribution in [2.24, 2.45) is 0 Å². The van der Waals surface area contributed by atoms with Crippen molar-refractivity contribution >= 4 is 21.4 Å². The minimum atomic E-state index is 0.602. The fraction of sp³-hybridized carbons (Fsp3) is 0.133. The Balaban J connectivity index is 1.81. The van der Waals surface area contributed by atoms with Gasteiger partial charge in [0.15, 0.2) is 0 Å². The summed E-state index contributed by atoms with van der Waals surface area (Å²) in [6, 6.07) is 12.4. The van der Waals surface area contributed by atoms with Crippen LogP contribution in [0.5, 0.6) is 5.75 Å². The molecule has 1 aromatic carbocycles. The number of hydrogen-bond donors (Lipinski definition) is 0. The molecule has 0 N–H and O–H groups in total. The van der Waals surface area contributed by atoms with Crippen LogP contribution in [0.3, 0.4) is 0 Å². The van der Waals surface area contributed by atoms with Crippen LogP contribution in [-0.2, 0) is 6.61 Å². The molecule has 0 spiro atoms. The van der Waals surface area contributed by atoms with Crippen molar-refractivity contribution in [2.75, 3.05) is 0 Å². The largest absolute Gasteiger partial charge is 0.486 e. The molecule has 2 nitrogen and oxygen atoms in total. The first-order valence-electron chi connectivity index (χ1n) is 5.84. The van der Waals surface area contributed by atoms with Crippen LogP contribution in [0.1, 0.15) is 10.4 Å². The van der Waals surface area contributed by atoms with Gasteiger partial charge in [0.2, 0.25) is 0 Å². The normalized spacial score (nSPS) is 10.7. The number of aryl methyl sites for hydroxylation is 1. The highest BCUT2D eigenvalue weighted by molar-refractivity contribution is 7.19. The standard InChI is InChI=1S/C15H13NOS/c1-11-4-2-5-12-8-14(18-15(11)12)10-17-13-6-3-7-16-9-13/h2-9H,10H2,1H3. The number of nitrogens with zero attached hydrogens (tertiary/aromatic N) is 1. The molecule has 18 heavy (non-hydrogen) atoms. The number of fused-ring (bicyclic) bond motifs is 1. The number of ether oxygens (including phenoxy) is 1. The molecule has 0 atom stereocenters. The van der Waals surface area contributed by atoms with E-state index in [0.717, 1.165) is 5.75 Å². The van der Waals surface area contributed by atoms with Gasteiger partial charge in [0.1, 0.15) is 12.4 Å². The van der Waals surface area contributed by atoms with Gasteiger partial charge in [-0.15, -0.1) is 11.3 Å². The van der Waals surface area contributed by atoms with Crippen molar-refractivity contribution < 1.29 is 4.74 Å². The molecule has 2 heterocycles. The molecule has 0 saturated heterocycles. The number of benzene rings is 1. The zero-order valence-electron chi connectivity index (χ0n) is 10.1. The lowest BCUT2D eigenvalue weighted by molar-refractivity contribution is 0.308. The Bertz CT molecular complexity index is 661. The van der Waals surface area contributed by atoms with Crippen LogP contribution >= 0.6 is 11.3 Å². The molecular weight excluding hydrogens is 242 g/mol. The lowest BCUT2D eigenvalue weighted by Gasteiger charge is -2.02. The maximum atomic E-state index is 5.71. The molecule has 3 aromatic rings. The predicted octanol–water partition coefficient (Wildman–Crippen LogP) is 4.18. The number of hydrogen-bond acceptors (Lipinski definition) is 3. The van der Waals surface area contributed by atoms with Gasteiger partial charge in [-0.3, -0.25) is 4.98 Å². The van der Waals surface area contributed by atoms with Crippen molar-refractivity contribution in [1.29, 1.82) is 0 Å². The second-order valence-corrected chi connectivity index (χ2v) is 5.32. The molecule has 0 aliphatic heterocycles. The molecule has 0 amide bonds. The highest BCUT2D eigenvalue weighted by Crippen LogP contribution is 2.29. The van der Waals surface area contributed by atoms with E-state index in [1.165, 1.54) is 20.5 Å². The van der Waals surface area contributed by atoms with Crippen molar-refractivity contribution in [3.05, 3.63) is 59.2 Å². The van der Waals surface area contributed by atoms with Crippen LogP contribution in [0.2, 0.25) is 0 Å². The number of thiophene rings is 1. The molecule has 0 aliphatic carbocycles. The van der Waals surface area contributed by atoms with Crippen molar-refractivity contribution in [3.63, 3.8) is 0 Å². The molecule has 3 rings (SSSR count). The Kier molecular flexibility index (Phi) is 2.99. The minimum Gasteiger partial charge on any atom is -0.486 e. The molecular formula is C15H13NOS. The molecule has 2 aromatic heterocycles. The summed E-state index contributed by atoms with van der Waals surface area (Å²) in [4.78, 5) is 5.27. The average Bonchev–Trinajstić information content (AvgIpc) is 2.82. The van der Waals surface area contributed by atoms with Gasteiger partial charge in [-0.25, -0.2) is 0 Å². The third-order valence-electron chi connectivity index (χ3n) is 2.81. The zero-order valence-corrected chi connectivity index (χ0v) is 10.9. The highest BCUT2D eigenvalue weighted by atomic mass is 32.1. The predicted molar refractivity (Wildman–Crippen MR) is 75.1 cm³/mol. The highest BCUT2D eigenvalue weighted by Gasteiger charge is 2.04. The average molecular weight is 255 g/mol. The van der Waals surface area contributed by atoms with E-state index < -0.39 is 0 Å². The summed E-state index contributed by atoms with van der Waals surface area (Å²) >= 11 is 1.80. The number of pyridine rings is 1. The lowest BCUT2D eigenvalue weighted by Crippen LogP contribution is -1.92. The quantitative estimate of drug-likeness (QED) is 0.700. The zero-order chi connectivity index (χ0) is 12.4. The molecule has 90 valence electrons. The Morgan fingerprint density at radius 2 is 2.17 bits per heavy atom. The van der Waals surface area contributed by atoms with Gasteiger partial charge in [0, 0.05) is 15.8 Å². The molecule has 3 heteroatoms. The molecule has 0 aliphatic rings. The van der Waals surface area contributed by atoms with E-state index >= 15 is 0 Å². The Hall–Kier alpha value is -1.87. The summed E-state index contributed by atoms with van der Waals surface area (Å²) in [6.45, 7) is 2.75. The molecule has 0 unspecified atom stereocenters. The van der Waals surface area contributed by atoms with Gasteiger partial charge >= 0.3 is 0 Å². The first-order valence-corrected chi connectivity index (χ1v) is 6.65. The first-order chi connectivity index (χ1) is 8.83. The Morgan fingerprint density at radius 1 is 1.22 bits per heavy atom. The van der Waals surface area contributed by atoms with Crippen molar-refractivity contribution in [1.82, 2.24) is 4.98 Å². The van der Waals surface area contributed by atoms with Crippen LogP contribution in [0, 0.1) is 6.92 Å². The van der Waals surface area contributed by atoms with E-state index in [0.29, 0.717) is 6.61 Å². The van der Waals surface area contributed by atoms with Gasteiger partial charge in [-0.1, -0.05) is 18.2 Å². The molecule has 0 radical (unpaired) electrons. The molecule has 0 saturated carbocycles. The SMILES string of the molecule is Cc1cccc2cc(COc3cccnc3)sc12. The van der Waals surface area contributed by atoms with Gasteiger partial charge < -0.3 is 4.74 Å². The minimum absolute atomic E-state index is 0.602. The maximum Gasteiger partial charge on any atom is 0.138 e. The third kappa shape index (κ3) is 2.22. The fourth-order valence-corrected chi connectivity index (χ4v) is 2.96. The van der Waals surface area contributed by atoms with Crippen LogP contribution in [-0.4, -0.2) is 4.98 Å². The topological polar surface area (TPSA) is 22.1 Å². The van der Waals surface area contributed by atoms with E-state index in [1.54, 1.807) is 23.7 Å². The summed E-state index contributed by atoms with van der Waals surface area (Å²) in [6.07, 6.45) is 3.48. The summed E-state index contributed by atoms with van der Waals surface area (Å²) in [5.74, 6) is 0.812. The smallest absolute Gasteiger partial charge is 0.138 e. The Morgan fingerprint density at radius 3 is 2.94 bits per heavy atom. The van der Waals surface area contributed by atoms with Crippen molar-refractivity contribution in [2.45, 2.75) is 13.5 Å². The van der Waals surface area contributed by atoms with Gasteiger partial charge in [-0.05, 0) is 36.1 Å². The van der Waals surface area contributed by atoms with E-state index in [-0.39, 0.29) is 0 Å². The lowest BCUT2D eigenvalue weighted by atomic mass is 10.2. The molecule has 0 fully saturated rings. The second kappa shape index (κ2) is 4.78. The summed E-state index contributed by atoms with van der Waals surface area (Å²) < 4.78 is 7.06. The van der Waals surface area contributed by atoms with Gasteiger partial charge in [0.25, 0.3) is 0 Å². The first kappa shape index (κ1) is 11.2. The number of aromatic nitrogens is 1. The van der Waals surface area contributed by atoms with Crippen LogP contribution in [0.4, 0.5) is 0 Å². The van der Waals surface area contributed by atoms with Crippen LogP contribution < -0.4 is 4.74 Å². The van der Waals surface area contributed by atoms with Gasteiger partial charge in [0.05, 0.1) is 6.20 Å². The second-order valence-electron chi connectivity index (χ2n) is 4.18. The fourth-order valence-electron chi connectivity index (χ4n) is 1.92. The van der Waals surface area contributed by atoms with Crippen LogP contribution in [0.25, 0.3) is 10.1 Å². The van der Waals surface area contributed by atoms with Crippen molar-refractivity contribution in [3.8, 4) is 5.75 Å². The van der Waals surface area contributed by atoms with E-state index in [4.69, 9.17) is 4.74 Å². The van der Waals surface area contributed by atoms with E-state index in [2.05, 4.69) is 36.2 Å². The monoisotopic (exact) mass is 255 g/mol. The van der Waals surface area contributed by atoms with Crippen LogP contribution in [0.15, 0.2) is 48.8 Å². The Labute approximate surface area is 110 Å². The summed E-state index contributed by atoms with van der Waals surface area (Å²) in [5.41, 5.74) is 1.32.